The van der Waals surface area contributed by atoms with Gasteiger partial charge in [-0.1, -0.05) is 6.07 Å². The van der Waals surface area contributed by atoms with Gasteiger partial charge in [0.05, 0.1) is 5.52 Å². The third-order valence-electron chi connectivity index (χ3n) is 4.99. The molecule has 102 valence electrons. The molecule has 2 heterocycles. The highest BCUT2D eigenvalue weighted by molar-refractivity contribution is 6.02. The molecule has 0 bridgehead atoms. The molecule has 20 heavy (non-hydrogen) atoms. The van der Waals surface area contributed by atoms with Crippen molar-refractivity contribution in [1.29, 1.82) is 0 Å². The molecule has 1 saturated carbocycles. The molecule has 1 aromatic heterocycles. The summed E-state index contributed by atoms with van der Waals surface area (Å²) in [6.07, 6.45) is 5.17. The van der Waals surface area contributed by atoms with Crippen LogP contribution in [0.1, 0.15) is 29.6 Å². The summed E-state index contributed by atoms with van der Waals surface area (Å²) < 4.78 is 0. The Kier molecular flexibility index (Phi) is 2.64. The molecule has 1 atom stereocenters. The summed E-state index contributed by atoms with van der Waals surface area (Å²) in [4.78, 5) is 17.0. The van der Waals surface area contributed by atoms with Crippen molar-refractivity contribution in [2.45, 2.75) is 19.3 Å². The van der Waals surface area contributed by atoms with E-state index in [2.05, 4.69) is 10.3 Å². The fraction of sp³-hybridized carbons (Fsp3) is 0.412. The van der Waals surface area contributed by atoms with Crippen LogP contribution in [-0.4, -0.2) is 23.9 Å². The Morgan fingerprint density at radius 1 is 1.25 bits per heavy atom. The van der Waals surface area contributed by atoms with E-state index in [0.29, 0.717) is 11.2 Å². The van der Waals surface area contributed by atoms with Crippen molar-refractivity contribution >= 4 is 16.7 Å². The Bertz CT molecular complexity index is 673. The summed E-state index contributed by atoms with van der Waals surface area (Å²) >= 11 is 0. The number of ketones is 1. The molecule has 1 saturated heterocycles. The Balaban J connectivity index is 1.61. The lowest BCUT2D eigenvalue weighted by atomic mass is 9.89. The van der Waals surface area contributed by atoms with Gasteiger partial charge in [0.2, 0.25) is 0 Å². The van der Waals surface area contributed by atoms with Crippen molar-refractivity contribution in [2.75, 3.05) is 13.1 Å². The fourth-order valence-corrected chi connectivity index (χ4v) is 3.63. The first-order chi connectivity index (χ1) is 9.78. The number of rotatable bonds is 2. The van der Waals surface area contributed by atoms with Crippen LogP contribution >= 0.6 is 0 Å². The van der Waals surface area contributed by atoms with Crippen LogP contribution in [0.5, 0.6) is 0 Å². The first-order valence-corrected chi connectivity index (χ1v) is 7.38. The normalized spacial score (nSPS) is 23.9. The van der Waals surface area contributed by atoms with Gasteiger partial charge in [-0.25, -0.2) is 0 Å². The van der Waals surface area contributed by atoms with E-state index in [1.807, 2.05) is 30.3 Å². The van der Waals surface area contributed by atoms with E-state index in [1.165, 1.54) is 0 Å². The van der Waals surface area contributed by atoms with Crippen LogP contribution in [0.25, 0.3) is 10.9 Å². The van der Waals surface area contributed by atoms with Gasteiger partial charge < -0.3 is 5.32 Å². The van der Waals surface area contributed by atoms with Crippen LogP contribution in [0, 0.1) is 11.3 Å². The quantitative estimate of drug-likeness (QED) is 0.850. The minimum atomic E-state index is 0.249. The lowest BCUT2D eigenvalue weighted by molar-refractivity contribution is 0.0941. The van der Waals surface area contributed by atoms with Crippen LogP contribution in [0.3, 0.4) is 0 Å². The summed E-state index contributed by atoms with van der Waals surface area (Å²) in [5.74, 6) is 0.580. The number of benzene rings is 1. The van der Waals surface area contributed by atoms with Gasteiger partial charge in [-0.05, 0) is 62.0 Å². The number of aromatic nitrogens is 1. The zero-order chi connectivity index (χ0) is 13.6. The average molecular weight is 266 g/mol. The minimum absolute atomic E-state index is 0.249. The minimum Gasteiger partial charge on any atom is -0.317 e. The predicted molar refractivity (Wildman–Crippen MR) is 78.7 cm³/mol. The third kappa shape index (κ3) is 1.85. The van der Waals surface area contributed by atoms with Crippen molar-refractivity contribution in [3.05, 3.63) is 42.1 Å². The second kappa shape index (κ2) is 4.38. The van der Waals surface area contributed by atoms with Gasteiger partial charge in [0.25, 0.3) is 0 Å². The molecule has 1 unspecified atom stereocenters. The number of hydrogen-bond acceptors (Lipinski definition) is 3. The first kappa shape index (κ1) is 12.0. The van der Waals surface area contributed by atoms with Crippen LogP contribution in [0.15, 0.2) is 36.5 Å². The van der Waals surface area contributed by atoms with E-state index >= 15 is 0 Å². The summed E-state index contributed by atoms with van der Waals surface area (Å²) in [6.45, 7) is 2.12. The van der Waals surface area contributed by atoms with Gasteiger partial charge in [-0.3, -0.25) is 9.78 Å². The molecule has 2 fully saturated rings. The van der Waals surface area contributed by atoms with Crippen molar-refractivity contribution < 1.29 is 4.79 Å². The van der Waals surface area contributed by atoms with Crippen LogP contribution in [0.2, 0.25) is 0 Å². The molecule has 0 amide bonds. The zero-order valence-electron chi connectivity index (χ0n) is 11.4. The summed E-state index contributed by atoms with van der Waals surface area (Å²) in [5.41, 5.74) is 2.12. The predicted octanol–water partition coefficient (Wildman–Crippen LogP) is 2.81. The Morgan fingerprint density at radius 2 is 2.10 bits per heavy atom. The number of piperidine rings is 1. The van der Waals surface area contributed by atoms with Crippen molar-refractivity contribution in [1.82, 2.24) is 10.3 Å². The highest BCUT2D eigenvalue weighted by Crippen LogP contribution is 2.59. The molecule has 1 aliphatic carbocycles. The molecule has 1 spiro atoms. The number of carbonyl (C=O) groups is 1. The SMILES string of the molecule is O=C(c1ccc2ncccc2c1)C1CC12CCNCC2. The molecular formula is C17H18N2O. The second-order valence-corrected chi connectivity index (χ2v) is 6.14. The maximum Gasteiger partial charge on any atom is 0.166 e. The van der Waals surface area contributed by atoms with Crippen molar-refractivity contribution in [3.63, 3.8) is 0 Å². The Hall–Kier alpha value is -1.74. The highest BCUT2D eigenvalue weighted by atomic mass is 16.1. The Labute approximate surface area is 118 Å². The summed E-state index contributed by atoms with van der Waals surface area (Å²) in [7, 11) is 0. The molecule has 2 aromatic rings. The number of carbonyl (C=O) groups excluding carboxylic acids is 1. The maximum absolute atomic E-state index is 12.7. The van der Waals surface area contributed by atoms with Crippen LogP contribution < -0.4 is 5.32 Å². The molecule has 1 N–H and O–H groups in total. The third-order valence-corrected chi connectivity index (χ3v) is 4.99. The van der Waals surface area contributed by atoms with E-state index in [9.17, 15) is 4.79 Å². The molecule has 4 rings (SSSR count). The maximum atomic E-state index is 12.7. The second-order valence-electron chi connectivity index (χ2n) is 6.14. The number of fused-ring (bicyclic) bond motifs is 1. The summed E-state index contributed by atoms with van der Waals surface area (Å²) in [5, 5.41) is 4.44. The molecule has 0 radical (unpaired) electrons. The number of nitrogens with zero attached hydrogens (tertiary/aromatic N) is 1. The van der Waals surface area contributed by atoms with E-state index < -0.39 is 0 Å². The lowest BCUT2D eigenvalue weighted by Gasteiger charge is -2.23. The van der Waals surface area contributed by atoms with Crippen LogP contribution in [-0.2, 0) is 0 Å². The molecule has 3 heteroatoms. The molecule has 2 aliphatic rings. The Morgan fingerprint density at radius 3 is 2.95 bits per heavy atom. The summed E-state index contributed by atoms with van der Waals surface area (Å²) in [6, 6.07) is 9.83. The van der Waals surface area contributed by atoms with Gasteiger partial charge in [0, 0.05) is 23.1 Å². The van der Waals surface area contributed by atoms with E-state index in [0.717, 1.165) is 48.8 Å². The molecular weight excluding hydrogens is 248 g/mol. The van der Waals surface area contributed by atoms with Crippen molar-refractivity contribution in [3.8, 4) is 0 Å². The van der Waals surface area contributed by atoms with Gasteiger partial charge in [0.1, 0.15) is 0 Å². The largest absolute Gasteiger partial charge is 0.317 e. The van der Waals surface area contributed by atoms with E-state index in [1.54, 1.807) is 6.20 Å². The van der Waals surface area contributed by atoms with Crippen molar-refractivity contribution in [2.24, 2.45) is 11.3 Å². The first-order valence-electron chi connectivity index (χ1n) is 7.38. The van der Waals surface area contributed by atoms with Gasteiger partial charge in [0.15, 0.2) is 5.78 Å². The number of Topliss-reactive ketones (excluding diaryl/α,β-unsaturated/α-hetero) is 1. The molecule has 1 aromatic carbocycles. The fourth-order valence-electron chi connectivity index (χ4n) is 3.63. The molecule has 3 nitrogen and oxygen atoms in total. The van der Waals surface area contributed by atoms with Gasteiger partial charge >= 0.3 is 0 Å². The van der Waals surface area contributed by atoms with Gasteiger partial charge in [-0.2, -0.15) is 0 Å². The van der Waals surface area contributed by atoms with Gasteiger partial charge in [-0.15, -0.1) is 0 Å². The standard InChI is InChI=1S/C17H18N2O/c20-16(14-11-17(14)5-8-18-9-6-17)13-3-4-15-12(10-13)2-1-7-19-15/h1-4,7,10,14,18H,5-6,8-9,11H2. The van der Waals surface area contributed by atoms with Crippen LogP contribution in [0.4, 0.5) is 0 Å². The number of nitrogens with one attached hydrogen (secondary N) is 1. The number of hydrogen-bond donors (Lipinski definition) is 1. The van der Waals surface area contributed by atoms with E-state index in [-0.39, 0.29) is 5.92 Å². The topological polar surface area (TPSA) is 42.0 Å². The number of pyridine rings is 1. The highest BCUT2D eigenvalue weighted by Gasteiger charge is 2.57. The monoisotopic (exact) mass is 266 g/mol. The average Bonchev–Trinajstić information content (AvgIpc) is 3.20. The zero-order valence-corrected chi connectivity index (χ0v) is 11.4. The molecule has 1 aliphatic heterocycles. The lowest BCUT2D eigenvalue weighted by Crippen LogP contribution is -2.30. The van der Waals surface area contributed by atoms with E-state index in [4.69, 9.17) is 0 Å². The smallest absolute Gasteiger partial charge is 0.166 e.